The molecule has 3 unspecified atom stereocenters. The van der Waals surface area contributed by atoms with Crippen molar-refractivity contribution < 1.29 is 14.7 Å². The van der Waals surface area contributed by atoms with Crippen molar-refractivity contribution in [2.75, 3.05) is 0 Å². The summed E-state index contributed by atoms with van der Waals surface area (Å²) in [5, 5.41) is 9.59. The molecule has 3 nitrogen and oxygen atoms in total. The third-order valence-electron chi connectivity index (χ3n) is 6.36. The van der Waals surface area contributed by atoms with Crippen molar-refractivity contribution in [3.05, 3.63) is 47.5 Å². The Morgan fingerprint density at radius 2 is 1.96 bits per heavy atom. The van der Waals surface area contributed by atoms with E-state index in [4.69, 9.17) is 0 Å². The number of carboxylic acids is 1. The van der Waals surface area contributed by atoms with Crippen LogP contribution in [-0.2, 0) is 16.0 Å². The van der Waals surface area contributed by atoms with Crippen LogP contribution in [-0.4, -0.2) is 16.9 Å². The summed E-state index contributed by atoms with van der Waals surface area (Å²) >= 11 is 0. The fourth-order valence-electron chi connectivity index (χ4n) is 4.42. The minimum absolute atomic E-state index is 0.0777. The molecule has 2 aliphatic rings. The predicted octanol–water partition coefficient (Wildman–Crippen LogP) is 3.88. The van der Waals surface area contributed by atoms with Gasteiger partial charge in [0.2, 0.25) is 0 Å². The molecule has 0 aromatic heterocycles. The molecule has 0 aliphatic heterocycles. The first kappa shape index (κ1) is 16.0. The fourth-order valence-corrected chi connectivity index (χ4v) is 4.42. The van der Waals surface area contributed by atoms with Gasteiger partial charge in [0.15, 0.2) is 5.78 Å². The van der Waals surface area contributed by atoms with Gasteiger partial charge in [-0.2, -0.15) is 0 Å². The van der Waals surface area contributed by atoms with Crippen LogP contribution in [0.25, 0.3) is 0 Å². The Labute approximate surface area is 137 Å². The molecule has 1 N–H and O–H groups in total. The Hall–Kier alpha value is -1.90. The molecule has 3 atom stereocenters. The molecule has 0 radical (unpaired) electrons. The van der Waals surface area contributed by atoms with Gasteiger partial charge >= 0.3 is 5.97 Å². The highest BCUT2D eigenvalue weighted by Gasteiger charge is 2.63. The topological polar surface area (TPSA) is 54.4 Å². The van der Waals surface area contributed by atoms with Gasteiger partial charge in [0.25, 0.3) is 0 Å². The second-order valence-electron chi connectivity index (χ2n) is 7.73. The number of Topliss-reactive ketones (excluding diaryl/α,β-unsaturated/α-hetero) is 1. The second-order valence-corrected chi connectivity index (χ2v) is 7.73. The van der Waals surface area contributed by atoms with Crippen molar-refractivity contribution in [3.63, 3.8) is 0 Å². The number of carbonyl (C=O) groups is 2. The zero-order valence-electron chi connectivity index (χ0n) is 14.0. The number of carbonyl (C=O) groups excluding carboxylic acids is 1. The van der Waals surface area contributed by atoms with E-state index in [1.165, 1.54) is 0 Å². The fraction of sp³-hybridized carbons (Fsp3) is 0.500. The van der Waals surface area contributed by atoms with Crippen LogP contribution >= 0.6 is 0 Å². The van der Waals surface area contributed by atoms with Crippen LogP contribution in [0.5, 0.6) is 0 Å². The molecule has 0 amide bonds. The van der Waals surface area contributed by atoms with Gasteiger partial charge in [0.1, 0.15) is 0 Å². The summed E-state index contributed by atoms with van der Waals surface area (Å²) in [7, 11) is 0. The van der Waals surface area contributed by atoms with Crippen LogP contribution in [0.3, 0.4) is 0 Å². The number of aliphatic carboxylic acids is 1. The lowest BCUT2D eigenvalue weighted by atomic mass is 9.70. The lowest BCUT2D eigenvalue weighted by Gasteiger charge is -2.31. The molecule has 1 aromatic carbocycles. The average molecular weight is 312 g/mol. The lowest BCUT2D eigenvalue weighted by molar-refractivity contribution is -0.140. The number of hydrogen-bond acceptors (Lipinski definition) is 2. The SMILES string of the molecule is CC12CCC(C(=CC(Cc3ccccc3)C(=O)O)C1=O)C2(C)C. The van der Waals surface area contributed by atoms with Crippen LogP contribution in [0.15, 0.2) is 42.0 Å². The summed E-state index contributed by atoms with van der Waals surface area (Å²) in [4.78, 5) is 24.5. The Bertz CT molecular complexity index is 671. The number of fused-ring (bicyclic) bond motifs is 2. The lowest BCUT2D eigenvalue weighted by Crippen LogP contribution is -2.32. The molecule has 0 spiro atoms. The van der Waals surface area contributed by atoms with Crippen LogP contribution in [0.1, 0.15) is 39.2 Å². The summed E-state index contributed by atoms with van der Waals surface area (Å²) in [6.07, 6.45) is 4.07. The van der Waals surface area contributed by atoms with Crippen molar-refractivity contribution in [2.24, 2.45) is 22.7 Å². The zero-order valence-corrected chi connectivity index (χ0v) is 14.0. The van der Waals surface area contributed by atoms with E-state index in [2.05, 4.69) is 13.8 Å². The van der Waals surface area contributed by atoms with E-state index in [0.29, 0.717) is 6.42 Å². The maximum absolute atomic E-state index is 12.9. The Kier molecular flexibility index (Phi) is 3.70. The van der Waals surface area contributed by atoms with Crippen molar-refractivity contribution in [2.45, 2.75) is 40.0 Å². The molecule has 1 aromatic rings. The van der Waals surface area contributed by atoms with Crippen molar-refractivity contribution >= 4 is 11.8 Å². The van der Waals surface area contributed by atoms with Crippen LogP contribution in [0, 0.1) is 22.7 Å². The third kappa shape index (κ3) is 2.34. The summed E-state index contributed by atoms with van der Waals surface area (Å²) in [6.45, 7) is 6.34. The van der Waals surface area contributed by atoms with Gasteiger partial charge in [-0.25, -0.2) is 0 Å². The van der Waals surface area contributed by atoms with E-state index in [9.17, 15) is 14.7 Å². The standard InChI is InChI=1S/C20H24O3/c1-19(2)16-9-10-20(19,3)17(21)15(16)12-14(18(22)23)11-13-7-5-4-6-8-13/h4-8,12,14,16H,9-11H2,1-3H3,(H,22,23). The van der Waals surface area contributed by atoms with Crippen molar-refractivity contribution in [3.8, 4) is 0 Å². The molecule has 2 saturated carbocycles. The van der Waals surface area contributed by atoms with Crippen LogP contribution < -0.4 is 0 Å². The zero-order chi connectivity index (χ0) is 16.8. The Morgan fingerprint density at radius 3 is 2.48 bits per heavy atom. The minimum atomic E-state index is -0.861. The molecule has 2 aliphatic carbocycles. The number of rotatable bonds is 4. The quantitative estimate of drug-likeness (QED) is 0.858. The summed E-state index contributed by atoms with van der Waals surface area (Å²) in [5.41, 5.74) is 1.33. The number of carboxylic acid groups (broad SMARTS) is 1. The highest BCUT2D eigenvalue weighted by atomic mass is 16.4. The van der Waals surface area contributed by atoms with Crippen molar-refractivity contribution in [1.82, 2.24) is 0 Å². The highest BCUT2D eigenvalue weighted by molar-refractivity contribution is 6.05. The van der Waals surface area contributed by atoms with Crippen molar-refractivity contribution in [1.29, 1.82) is 0 Å². The second kappa shape index (κ2) is 5.33. The highest BCUT2D eigenvalue weighted by Crippen LogP contribution is 2.65. The van der Waals surface area contributed by atoms with E-state index in [1.54, 1.807) is 6.08 Å². The van der Waals surface area contributed by atoms with E-state index >= 15 is 0 Å². The molecular formula is C20H24O3. The molecule has 2 bridgehead atoms. The van der Waals surface area contributed by atoms with Gasteiger partial charge in [-0.05, 0) is 41.7 Å². The summed E-state index contributed by atoms with van der Waals surface area (Å²) < 4.78 is 0. The molecule has 23 heavy (non-hydrogen) atoms. The van der Waals surface area contributed by atoms with Gasteiger partial charge in [0, 0.05) is 5.41 Å². The van der Waals surface area contributed by atoms with E-state index in [0.717, 1.165) is 24.0 Å². The molecule has 3 rings (SSSR count). The van der Waals surface area contributed by atoms with E-state index in [-0.39, 0.29) is 22.5 Å². The average Bonchev–Trinajstić information content (AvgIpc) is 2.81. The summed E-state index contributed by atoms with van der Waals surface area (Å²) in [6, 6.07) is 9.60. The maximum Gasteiger partial charge on any atom is 0.310 e. The Morgan fingerprint density at radius 1 is 1.30 bits per heavy atom. The number of hydrogen-bond donors (Lipinski definition) is 1. The number of ketones is 1. The van der Waals surface area contributed by atoms with Gasteiger partial charge in [-0.15, -0.1) is 0 Å². The van der Waals surface area contributed by atoms with E-state index < -0.39 is 11.9 Å². The normalized spacial score (nSPS) is 31.5. The molecular weight excluding hydrogens is 288 g/mol. The van der Waals surface area contributed by atoms with Crippen LogP contribution in [0.2, 0.25) is 0 Å². The first-order chi connectivity index (χ1) is 10.8. The monoisotopic (exact) mass is 312 g/mol. The third-order valence-corrected chi connectivity index (χ3v) is 6.36. The van der Waals surface area contributed by atoms with Gasteiger partial charge in [0.05, 0.1) is 5.92 Å². The van der Waals surface area contributed by atoms with Crippen LogP contribution in [0.4, 0.5) is 0 Å². The molecule has 3 heteroatoms. The smallest absolute Gasteiger partial charge is 0.310 e. The van der Waals surface area contributed by atoms with Gasteiger partial charge in [-0.3, -0.25) is 9.59 Å². The first-order valence-electron chi connectivity index (χ1n) is 8.30. The molecule has 0 saturated heterocycles. The van der Waals surface area contributed by atoms with Gasteiger partial charge < -0.3 is 5.11 Å². The minimum Gasteiger partial charge on any atom is -0.481 e. The molecule has 122 valence electrons. The summed E-state index contributed by atoms with van der Waals surface area (Å²) in [5.74, 6) is -1.15. The van der Waals surface area contributed by atoms with E-state index in [1.807, 2.05) is 37.3 Å². The molecule has 0 heterocycles. The predicted molar refractivity (Wildman–Crippen MR) is 89.0 cm³/mol. The first-order valence-corrected chi connectivity index (χ1v) is 8.30. The van der Waals surface area contributed by atoms with Gasteiger partial charge in [-0.1, -0.05) is 57.2 Å². The number of benzene rings is 1. The molecule has 2 fully saturated rings. The maximum atomic E-state index is 12.9. The largest absolute Gasteiger partial charge is 0.481 e. The Balaban J connectivity index is 1.93. The number of allylic oxidation sites excluding steroid dienone is 1.